The van der Waals surface area contributed by atoms with Crippen LogP contribution in [0.1, 0.15) is 12.8 Å². The molecule has 0 bridgehead atoms. The SMILES string of the molecule is FC1=CCCN(CC2CC2(Cl)Cl)C1. The molecule has 1 nitrogen and oxygen atoms in total. The van der Waals surface area contributed by atoms with Crippen LogP contribution in [-0.2, 0) is 0 Å². The summed E-state index contributed by atoms with van der Waals surface area (Å²) in [5.41, 5.74) is 0. The number of halogens is 3. The highest BCUT2D eigenvalue weighted by Gasteiger charge is 2.51. The Balaban J connectivity index is 1.81. The number of nitrogens with zero attached hydrogens (tertiary/aromatic N) is 1. The maximum absolute atomic E-state index is 12.9. The van der Waals surface area contributed by atoms with E-state index in [0.717, 1.165) is 25.9 Å². The molecule has 74 valence electrons. The van der Waals surface area contributed by atoms with Crippen LogP contribution in [-0.4, -0.2) is 28.9 Å². The Kier molecular flexibility index (Phi) is 2.56. The summed E-state index contributed by atoms with van der Waals surface area (Å²) in [4.78, 5) is 2.08. The summed E-state index contributed by atoms with van der Waals surface area (Å²) in [6, 6.07) is 0. The molecule has 1 aliphatic heterocycles. The van der Waals surface area contributed by atoms with Crippen LogP contribution in [0.3, 0.4) is 0 Å². The molecule has 2 rings (SSSR count). The molecule has 1 fully saturated rings. The lowest BCUT2D eigenvalue weighted by Crippen LogP contribution is -2.31. The lowest BCUT2D eigenvalue weighted by atomic mass is 10.2. The first-order chi connectivity index (χ1) is 6.08. The molecule has 1 heterocycles. The quantitative estimate of drug-likeness (QED) is 0.652. The summed E-state index contributed by atoms with van der Waals surface area (Å²) in [6.45, 7) is 2.18. The summed E-state index contributed by atoms with van der Waals surface area (Å²) in [5, 5.41) is 0. The molecule has 13 heavy (non-hydrogen) atoms. The van der Waals surface area contributed by atoms with E-state index in [0.29, 0.717) is 12.5 Å². The van der Waals surface area contributed by atoms with Crippen molar-refractivity contribution in [3.8, 4) is 0 Å². The minimum atomic E-state index is -0.530. The van der Waals surface area contributed by atoms with E-state index in [-0.39, 0.29) is 5.83 Å². The third-order valence-corrected chi connectivity index (χ3v) is 3.55. The lowest BCUT2D eigenvalue weighted by molar-refractivity contribution is 0.256. The zero-order chi connectivity index (χ0) is 9.47. The van der Waals surface area contributed by atoms with Crippen LogP contribution in [0.5, 0.6) is 0 Å². The number of rotatable bonds is 2. The van der Waals surface area contributed by atoms with Gasteiger partial charge in [0.15, 0.2) is 0 Å². The highest BCUT2D eigenvalue weighted by Crippen LogP contribution is 2.53. The fourth-order valence-electron chi connectivity index (χ4n) is 1.70. The molecule has 0 N–H and O–H groups in total. The van der Waals surface area contributed by atoms with Crippen LogP contribution in [0.25, 0.3) is 0 Å². The van der Waals surface area contributed by atoms with Crippen molar-refractivity contribution in [2.45, 2.75) is 17.2 Å². The Morgan fingerprint density at radius 3 is 2.85 bits per heavy atom. The molecular formula is C9H12Cl2FN. The smallest absolute Gasteiger partial charge is 0.122 e. The van der Waals surface area contributed by atoms with Crippen LogP contribution in [0.15, 0.2) is 11.9 Å². The number of hydrogen-bond acceptors (Lipinski definition) is 1. The Bertz CT molecular complexity index is 240. The second-order valence-corrected chi connectivity index (χ2v) is 5.38. The summed E-state index contributed by atoms with van der Waals surface area (Å²) in [5.74, 6) is 0.309. The van der Waals surface area contributed by atoms with Crippen LogP contribution in [0, 0.1) is 5.92 Å². The number of alkyl halides is 2. The van der Waals surface area contributed by atoms with E-state index in [1.807, 2.05) is 0 Å². The van der Waals surface area contributed by atoms with Crippen molar-refractivity contribution in [3.05, 3.63) is 11.9 Å². The maximum Gasteiger partial charge on any atom is 0.122 e. The normalized spacial score (nSPS) is 32.8. The van der Waals surface area contributed by atoms with Crippen molar-refractivity contribution in [3.63, 3.8) is 0 Å². The Hall–Kier alpha value is 0.210. The molecule has 1 unspecified atom stereocenters. The molecule has 2 aliphatic rings. The highest BCUT2D eigenvalue weighted by molar-refractivity contribution is 6.50. The second-order valence-electron chi connectivity index (χ2n) is 3.84. The molecular weight excluding hydrogens is 212 g/mol. The fraction of sp³-hybridized carbons (Fsp3) is 0.778. The van der Waals surface area contributed by atoms with Crippen LogP contribution in [0.4, 0.5) is 4.39 Å². The van der Waals surface area contributed by atoms with E-state index in [2.05, 4.69) is 4.90 Å². The van der Waals surface area contributed by atoms with Gasteiger partial charge < -0.3 is 0 Å². The molecule has 0 aromatic heterocycles. The van der Waals surface area contributed by atoms with E-state index in [9.17, 15) is 4.39 Å². The van der Waals surface area contributed by atoms with Crippen molar-refractivity contribution in [1.82, 2.24) is 4.90 Å². The van der Waals surface area contributed by atoms with E-state index in [1.54, 1.807) is 6.08 Å². The Morgan fingerprint density at radius 2 is 2.31 bits per heavy atom. The zero-order valence-electron chi connectivity index (χ0n) is 7.27. The minimum Gasteiger partial charge on any atom is -0.296 e. The predicted octanol–water partition coefficient (Wildman–Crippen LogP) is 2.74. The molecule has 1 aliphatic carbocycles. The van der Waals surface area contributed by atoms with Crippen LogP contribution < -0.4 is 0 Å². The van der Waals surface area contributed by atoms with Crippen LogP contribution in [0.2, 0.25) is 0 Å². The minimum absolute atomic E-state index is 0.0263. The average Bonchev–Trinajstić information content (AvgIpc) is 2.58. The van der Waals surface area contributed by atoms with Gasteiger partial charge in [-0.1, -0.05) is 6.08 Å². The van der Waals surface area contributed by atoms with Crippen molar-refractivity contribution in [1.29, 1.82) is 0 Å². The molecule has 0 aromatic carbocycles. The van der Waals surface area contributed by atoms with Crippen molar-refractivity contribution in [2.75, 3.05) is 19.6 Å². The third-order valence-electron chi connectivity index (χ3n) is 2.62. The van der Waals surface area contributed by atoms with Crippen molar-refractivity contribution < 1.29 is 4.39 Å². The first-order valence-corrected chi connectivity index (χ1v) is 5.28. The van der Waals surface area contributed by atoms with Gasteiger partial charge in [-0.25, -0.2) is 4.39 Å². The molecule has 0 saturated heterocycles. The zero-order valence-corrected chi connectivity index (χ0v) is 8.78. The van der Waals surface area contributed by atoms with Gasteiger partial charge >= 0.3 is 0 Å². The van der Waals surface area contributed by atoms with Gasteiger partial charge in [0.25, 0.3) is 0 Å². The van der Waals surface area contributed by atoms with E-state index >= 15 is 0 Å². The first kappa shape index (κ1) is 9.75. The monoisotopic (exact) mass is 223 g/mol. The summed E-state index contributed by atoms with van der Waals surface area (Å²) in [6.07, 6.45) is 3.30. The van der Waals surface area contributed by atoms with E-state index < -0.39 is 4.33 Å². The van der Waals surface area contributed by atoms with Gasteiger partial charge in [0.2, 0.25) is 0 Å². The summed E-state index contributed by atoms with van der Waals surface area (Å²) in [7, 11) is 0. The molecule has 0 spiro atoms. The third kappa shape index (κ3) is 2.36. The molecule has 0 aromatic rings. The maximum atomic E-state index is 12.9. The summed E-state index contributed by atoms with van der Waals surface area (Å²) < 4.78 is 12.3. The van der Waals surface area contributed by atoms with Gasteiger partial charge in [-0.05, 0) is 12.8 Å². The number of hydrogen-bond donors (Lipinski definition) is 0. The average molecular weight is 224 g/mol. The van der Waals surface area contributed by atoms with Crippen molar-refractivity contribution in [2.24, 2.45) is 5.92 Å². The fourth-order valence-corrected chi connectivity index (χ4v) is 2.21. The van der Waals surface area contributed by atoms with E-state index in [1.165, 1.54) is 0 Å². The van der Waals surface area contributed by atoms with Gasteiger partial charge in [-0.3, -0.25) is 4.90 Å². The van der Waals surface area contributed by atoms with Gasteiger partial charge in [0, 0.05) is 25.6 Å². The molecule has 0 radical (unpaired) electrons. The van der Waals surface area contributed by atoms with Crippen LogP contribution >= 0.6 is 23.2 Å². The predicted molar refractivity (Wildman–Crippen MR) is 52.8 cm³/mol. The van der Waals surface area contributed by atoms with E-state index in [4.69, 9.17) is 23.2 Å². The first-order valence-electron chi connectivity index (χ1n) is 4.52. The molecule has 1 saturated carbocycles. The lowest BCUT2D eigenvalue weighted by Gasteiger charge is -2.24. The molecule has 1 atom stereocenters. The van der Waals surface area contributed by atoms with Crippen molar-refractivity contribution >= 4 is 23.2 Å². The highest BCUT2D eigenvalue weighted by atomic mass is 35.5. The van der Waals surface area contributed by atoms with Gasteiger partial charge in [0.05, 0.1) is 0 Å². The molecule has 4 heteroatoms. The van der Waals surface area contributed by atoms with Gasteiger partial charge in [0.1, 0.15) is 10.2 Å². The topological polar surface area (TPSA) is 3.24 Å². The molecule has 0 amide bonds. The summed E-state index contributed by atoms with van der Waals surface area (Å²) >= 11 is 11.8. The Morgan fingerprint density at radius 1 is 1.62 bits per heavy atom. The van der Waals surface area contributed by atoms with Gasteiger partial charge in [-0.15, -0.1) is 23.2 Å². The largest absolute Gasteiger partial charge is 0.296 e. The van der Waals surface area contributed by atoms with Gasteiger partial charge in [-0.2, -0.15) is 0 Å². The Labute approximate surface area is 87.5 Å². The second kappa shape index (κ2) is 3.41. The standard InChI is InChI=1S/C9H12Cl2FN/c10-9(11)4-7(9)5-13-3-1-2-8(12)6-13/h2,7H,1,3-6H2.